The van der Waals surface area contributed by atoms with Crippen LogP contribution >= 0.6 is 23.2 Å². The van der Waals surface area contributed by atoms with Gasteiger partial charge in [0, 0.05) is 5.02 Å². The molecule has 1 aliphatic heterocycles. The summed E-state index contributed by atoms with van der Waals surface area (Å²) in [5, 5.41) is 0.903. The Morgan fingerprint density at radius 2 is 1.77 bits per heavy atom. The van der Waals surface area contributed by atoms with Crippen LogP contribution in [0.15, 0.2) is 41.3 Å². The van der Waals surface area contributed by atoms with Gasteiger partial charge in [0.25, 0.3) is 15.9 Å². The average molecular weight is 592 g/mol. The van der Waals surface area contributed by atoms with Gasteiger partial charge >= 0.3 is 0 Å². The SMILES string of the molecule is Cc1c(Cl)cccc1S(=O)(=O)Nc1nc2c(nc1OCc1ccc(Cl)c(OCC3CCN(C)CC3)c1)CCC2. The van der Waals surface area contributed by atoms with Crippen LogP contribution in [0.4, 0.5) is 5.82 Å². The number of aryl methyl sites for hydroxylation is 2. The molecule has 1 aliphatic carbocycles. The molecule has 39 heavy (non-hydrogen) atoms. The van der Waals surface area contributed by atoms with Crippen LogP contribution in [-0.2, 0) is 29.5 Å². The number of halogens is 2. The summed E-state index contributed by atoms with van der Waals surface area (Å²) in [5.74, 6) is 1.29. The summed E-state index contributed by atoms with van der Waals surface area (Å²) in [6.45, 7) is 4.56. The van der Waals surface area contributed by atoms with Gasteiger partial charge in [-0.25, -0.2) is 18.4 Å². The van der Waals surface area contributed by atoms with Gasteiger partial charge in [-0.1, -0.05) is 35.3 Å². The third kappa shape index (κ3) is 6.60. The Labute approximate surface area is 239 Å². The maximum Gasteiger partial charge on any atom is 0.263 e. The zero-order valence-corrected chi connectivity index (χ0v) is 24.4. The molecule has 1 fully saturated rings. The monoisotopic (exact) mass is 590 g/mol. The number of hydrogen-bond donors (Lipinski definition) is 1. The maximum absolute atomic E-state index is 13.3. The third-order valence-corrected chi connectivity index (χ3v) is 9.47. The van der Waals surface area contributed by atoms with E-state index in [0.717, 1.165) is 62.1 Å². The van der Waals surface area contributed by atoms with Crippen molar-refractivity contribution in [3.8, 4) is 11.6 Å². The van der Waals surface area contributed by atoms with Gasteiger partial charge in [0.2, 0.25) is 5.82 Å². The first-order chi connectivity index (χ1) is 18.7. The van der Waals surface area contributed by atoms with E-state index in [2.05, 4.69) is 26.6 Å². The third-order valence-electron chi connectivity index (χ3n) is 7.27. The molecule has 2 aromatic carbocycles. The standard InChI is InChI=1S/C28H32Cl2N4O4S/c1-18-21(29)5-3-8-26(18)39(35,36)33-27-28(32-24-7-4-6-23(24)31-27)38-17-20-9-10-22(30)25(15-20)37-16-19-11-13-34(2)14-12-19/h3,5,8-10,15,19H,4,6-7,11-14,16-17H2,1-2H3,(H,31,33). The molecule has 0 unspecified atom stereocenters. The summed E-state index contributed by atoms with van der Waals surface area (Å²) in [4.78, 5) is 11.6. The molecule has 1 saturated heterocycles. The number of nitrogens with zero attached hydrogens (tertiary/aromatic N) is 3. The fourth-order valence-corrected chi connectivity index (χ4v) is 6.55. The van der Waals surface area contributed by atoms with E-state index in [1.54, 1.807) is 25.1 Å². The smallest absolute Gasteiger partial charge is 0.263 e. The molecule has 0 spiro atoms. The van der Waals surface area contributed by atoms with E-state index >= 15 is 0 Å². The van der Waals surface area contributed by atoms with E-state index in [9.17, 15) is 8.42 Å². The van der Waals surface area contributed by atoms with Gasteiger partial charge in [-0.3, -0.25) is 4.72 Å². The summed E-state index contributed by atoms with van der Waals surface area (Å²) in [5.41, 5.74) is 2.88. The van der Waals surface area contributed by atoms with Crippen molar-refractivity contribution in [1.82, 2.24) is 14.9 Å². The second kappa shape index (κ2) is 11.9. The first kappa shape index (κ1) is 28.0. The lowest BCUT2D eigenvalue weighted by Crippen LogP contribution is -2.32. The maximum atomic E-state index is 13.3. The molecule has 3 aromatic rings. The lowest BCUT2D eigenvalue weighted by Gasteiger charge is -2.28. The van der Waals surface area contributed by atoms with E-state index < -0.39 is 10.0 Å². The minimum atomic E-state index is -3.98. The normalized spacial score (nSPS) is 16.2. The summed E-state index contributed by atoms with van der Waals surface area (Å²) < 4.78 is 41.3. The largest absolute Gasteiger partial charge is 0.492 e. The number of sulfonamides is 1. The van der Waals surface area contributed by atoms with Crippen LogP contribution in [0.5, 0.6) is 11.6 Å². The molecule has 0 atom stereocenters. The molecule has 5 rings (SSSR count). The summed E-state index contributed by atoms with van der Waals surface area (Å²) in [6.07, 6.45) is 4.62. The number of aromatic nitrogens is 2. The minimum Gasteiger partial charge on any atom is -0.492 e. The van der Waals surface area contributed by atoms with Gasteiger partial charge in [0.1, 0.15) is 12.4 Å². The Morgan fingerprint density at radius 3 is 2.54 bits per heavy atom. The molecule has 2 aliphatic rings. The van der Waals surface area contributed by atoms with Crippen LogP contribution in [0.2, 0.25) is 10.0 Å². The predicted octanol–water partition coefficient (Wildman–Crippen LogP) is 5.68. The number of anilines is 1. The number of hydrogen-bond acceptors (Lipinski definition) is 7. The van der Waals surface area contributed by atoms with Crippen LogP contribution in [0.3, 0.4) is 0 Å². The zero-order valence-electron chi connectivity index (χ0n) is 22.0. The fourth-order valence-electron chi connectivity index (χ4n) is 4.88. The summed E-state index contributed by atoms with van der Waals surface area (Å²) >= 11 is 12.6. The Bertz CT molecular complexity index is 1460. The van der Waals surface area contributed by atoms with Gasteiger partial charge < -0.3 is 14.4 Å². The fraction of sp³-hybridized carbons (Fsp3) is 0.429. The number of ether oxygens (including phenoxy) is 2. The highest BCUT2D eigenvalue weighted by molar-refractivity contribution is 7.92. The van der Waals surface area contributed by atoms with Crippen molar-refractivity contribution in [2.75, 3.05) is 31.5 Å². The highest BCUT2D eigenvalue weighted by Gasteiger charge is 2.25. The number of benzene rings is 2. The Balaban J connectivity index is 1.33. The number of fused-ring (bicyclic) bond motifs is 1. The number of piperidine rings is 1. The summed E-state index contributed by atoms with van der Waals surface area (Å²) in [7, 11) is -1.84. The predicted molar refractivity (Wildman–Crippen MR) is 153 cm³/mol. The Hall–Kier alpha value is -2.59. The highest BCUT2D eigenvalue weighted by Crippen LogP contribution is 2.32. The van der Waals surface area contributed by atoms with Gasteiger partial charge in [-0.05, 0) is 100 Å². The van der Waals surface area contributed by atoms with Crippen molar-refractivity contribution in [1.29, 1.82) is 0 Å². The average Bonchev–Trinajstić information content (AvgIpc) is 3.36. The van der Waals surface area contributed by atoms with Crippen LogP contribution in [0.1, 0.15) is 41.8 Å². The lowest BCUT2D eigenvalue weighted by atomic mass is 9.98. The van der Waals surface area contributed by atoms with E-state index in [1.165, 1.54) is 6.07 Å². The number of rotatable bonds is 9. The molecular weight excluding hydrogens is 559 g/mol. The second-order valence-electron chi connectivity index (χ2n) is 10.2. The molecular formula is C28H32Cl2N4O4S. The minimum absolute atomic E-state index is 0.0581. The molecule has 1 N–H and O–H groups in total. The van der Waals surface area contributed by atoms with E-state index in [-0.39, 0.29) is 23.2 Å². The first-order valence-corrected chi connectivity index (χ1v) is 15.3. The molecule has 0 amide bonds. The van der Waals surface area contributed by atoms with Crippen LogP contribution in [-0.4, -0.2) is 50.0 Å². The van der Waals surface area contributed by atoms with Crippen molar-refractivity contribution >= 4 is 39.0 Å². The van der Waals surface area contributed by atoms with E-state index in [1.807, 2.05) is 12.1 Å². The summed E-state index contributed by atoms with van der Waals surface area (Å²) in [6, 6.07) is 10.2. The Morgan fingerprint density at radius 1 is 1.03 bits per heavy atom. The molecule has 8 nitrogen and oxygen atoms in total. The molecule has 0 radical (unpaired) electrons. The van der Waals surface area contributed by atoms with Crippen LogP contribution in [0.25, 0.3) is 0 Å². The van der Waals surface area contributed by atoms with Gasteiger partial charge in [0.05, 0.1) is 27.9 Å². The molecule has 0 bridgehead atoms. The second-order valence-corrected chi connectivity index (χ2v) is 12.7. The molecule has 1 aromatic heterocycles. The highest BCUT2D eigenvalue weighted by atomic mass is 35.5. The molecule has 11 heteroatoms. The molecule has 208 valence electrons. The van der Waals surface area contributed by atoms with E-state index in [4.69, 9.17) is 32.7 Å². The number of likely N-dealkylation sites (tertiary alicyclic amines) is 1. The van der Waals surface area contributed by atoms with Crippen molar-refractivity contribution < 1.29 is 17.9 Å². The van der Waals surface area contributed by atoms with Crippen LogP contribution in [0, 0.1) is 12.8 Å². The van der Waals surface area contributed by atoms with Crippen LogP contribution < -0.4 is 14.2 Å². The molecule has 2 heterocycles. The molecule has 0 saturated carbocycles. The lowest BCUT2D eigenvalue weighted by molar-refractivity contribution is 0.160. The van der Waals surface area contributed by atoms with E-state index in [0.29, 0.717) is 33.9 Å². The Kier molecular flexibility index (Phi) is 8.52. The van der Waals surface area contributed by atoms with Crippen molar-refractivity contribution in [3.63, 3.8) is 0 Å². The van der Waals surface area contributed by atoms with Crippen molar-refractivity contribution in [3.05, 3.63) is 69.0 Å². The first-order valence-electron chi connectivity index (χ1n) is 13.1. The van der Waals surface area contributed by atoms with Crippen molar-refractivity contribution in [2.24, 2.45) is 5.92 Å². The van der Waals surface area contributed by atoms with Gasteiger partial charge in [-0.15, -0.1) is 0 Å². The van der Waals surface area contributed by atoms with Gasteiger partial charge in [0.15, 0.2) is 0 Å². The topological polar surface area (TPSA) is 93.7 Å². The number of nitrogens with one attached hydrogen (secondary N) is 1. The quantitative estimate of drug-likeness (QED) is 0.342. The van der Waals surface area contributed by atoms with Gasteiger partial charge in [-0.2, -0.15) is 0 Å². The zero-order chi connectivity index (χ0) is 27.6. The van der Waals surface area contributed by atoms with Crippen molar-refractivity contribution in [2.45, 2.75) is 50.5 Å².